The number of aromatic nitrogens is 2. The van der Waals surface area contributed by atoms with Gasteiger partial charge in [0.1, 0.15) is 18.4 Å². The minimum atomic E-state index is -0.744. The molecule has 1 aromatic carbocycles. The molecule has 0 aliphatic rings. The number of nitrogens with one attached hydrogen (secondary N) is 1. The number of aliphatic hydroxyl groups is 1. The van der Waals surface area contributed by atoms with Crippen LogP contribution < -0.4 is 11.2 Å². The van der Waals surface area contributed by atoms with Crippen LogP contribution >= 0.6 is 0 Å². The summed E-state index contributed by atoms with van der Waals surface area (Å²) in [5, 5.41) is 8.62. The minimum Gasteiger partial charge on any atom is -0.394 e. The molecule has 1 aromatic heterocycles. The highest BCUT2D eigenvalue weighted by molar-refractivity contribution is 5.24. The van der Waals surface area contributed by atoms with E-state index in [4.69, 9.17) is 9.84 Å². The van der Waals surface area contributed by atoms with E-state index in [0.29, 0.717) is 0 Å². The standard InChI is InChI=1S/C14H14F2N2O4/c15-11-4-9(5-12(16)6-11)3-10-7-18(8-22-2-1-19)14(21)17-13(10)20/h4-7,19H,1-3,8H2,(H,17,20,21). The highest BCUT2D eigenvalue weighted by Crippen LogP contribution is 2.10. The Labute approximate surface area is 123 Å². The van der Waals surface area contributed by atoms with Gasteiger partial charge in [0.25, 0.3) is 5.56 Å². The second-order valence-electron chi connectivity index (χ2n) is 4.60. The molecule has 0 aliphatic heterocycles. The van der Waals surface area contributed by atoms with Crippen molar-refractivity contribution in [1.29, 1.82) is 0 Å². The van der Waals surface area contributed by atoms with E-state index < -0.39 is 22.9 Å². The molecule has 2 N–H and O–H groups in total. The maximum absolute atomic E-state index is 13.2. The van der Waals surface area contributed by atoms with Crippen LogP contribution in [0.1, 0.15) is 11.1 Å². The average Bonchev–Trinajstić information content (AvgIpc) is 2.42. The molecule has 0 amide bonds. The second kappa shape index (κ2) is 7.10. The third-order valence-corrected chi connectivity index (χ3v) is 2.87. The third kappa shape index (κ3) is 4.09. The van der Waals surface area contributed by atoms with Crippen LogP contribution in [0.4, 0.5) is 8.78 Å². The summed E-state index contributed by atoms with van der Waals surface area (Å²) >= 11 is 0. The molecule has 2 rings (SSSR count). The van der Waals surface area contributed by atoms with E-state index in [-0.39, 0.29) is 37.5 Å². The fourth-order valence-corrected chi connectivity index (χ4v) is 1.94. The molecule has 0 bridgehead atoms. The van der Waals surface area contributed by atoms with E-state index in [2.05, 4.69) is 4.98 Å². The molecular weight excluding hydrogens is 298 g/mol. The van der Waals surface area contributed by atoms with Crippen LogP contribution in [-0.4, -0.2) is 27.9 Å². The van der Waals surface area contributed by atoms with Crippen molar-refractivity contribution in [2.75, 3.05) is 13.2 Å². The lowest BCUT2D eigenvalue weighted by Gasteiger charge is -2.08. The Bertz CT molecular complexity index is 750. The van der Waals surface area contributed by atoms with Crippen molar-refractivity contribution in [3.05, 3.63) is 68.0 Å². The molecule has 6 nitrogen and oxygen atoms in total. The molecule has 0 spiro atoms. The summed E-state index contributed by atoms with van der Waals surface area (Å²) in [5.74, 6) is -1.49. The molecule has 1 heterocycles. The number of hydrogen-bond donors (Lipinski definition) is 2. The van der Waals surface area contributed by atoms with Crippen LogP contribution in [-0.2, 0) is 17.9 Å². The number of ether oxygens (including phenoxy) is 1. The van der Waals surface area contributed by atoms with Gasteiger partial charge in [-0.15, -0.1) is 0 Å². The number of rotatable bonds is 6. The summed E-state index contributed by atoms with van der Waals surface area (Å²) in [7, 11) is 0. The highest BCUT2D eigenvalue weighted by Gasteiger charge is 2.08. The number of H-pyrrole nitrogens is 1. The fraction of sp³-hybridized carbons (Fsp3) is 0.286. The van der Waals surface area contributed by atoms with Crippen LogP contribution in [0.3, 0.4) is 0 Å². The molecule has 0 saturated heterocycles. The van der Waals surface area contributed by atoms with Crippen molar-refractivity contribution in [2.45, 2.75) is 13.2 Å². The van der Waals surface area contributed by atoms with Crippen molar-refractivity contribution in [1.82, 2.24) is 9.55 Å². The quantitative estimate of drug-likeness (QED) is 0.755. The van der Waals surface area contributed by atoms with Gasteiger partial charge in [-0.25, -0.2) is 13.6 Å². The first kappa shape index (κ1) is 16.1. The highest BCUT2D eigenvalue weighted by atomic mass is 19.1. The predicted molar refractivity (Wildman–Crippen MR) is 73.5 cm³/mol. The summed E-state index contributed by atoms with van der Waals surface area (Å²) in [4.78, 5) is 25.5. The lowest BCUT2D eigenvalue weighted by molar-refractivity contribution is 0.0455. The van der Waals surface area contributed by atoms with Gasteiger partial charge in [0.05, 0.1) is 13.2 Å². The number of aromatic amines is 1. The zero-order valence-electron chi connectivity index (χ0n) is 11.5. The van der Waals surface area contributed by atoms with Gasteiger partial charge in [0, 0.05) is 24.2 Å². The lowest BCUT2D eigenvalue weighted by atomic mass is 10.1. The van der Waals surface area contributed by atoms with Crippen molar-refractivity contribution in [3.63, 3.8) is 0 Å². The monoisotopic (exact) mass is 312 g/mol. The molecule has 118 valence electrons. The Morgan fingerprint density at radius 2 is 1.86 bits per heavy atom. The Hall–Kier alpha value is -2.32. The van der Waals surface area contributed by atoms with E-state index in [1.165, 1.54) is 6.20 Å². The predicted octanol–water partition coefficient (Wildman–Crippen LogP) is 0.372. The molecule has 0 fully saturated rings. The maximum Gasteiger partial charge on any atom is 0.330 e. The molecule has 22 heavy (non-hydrogen) atoms. The number of aliphatic hydroxyl groups excluding tert-OH is 1. The Morgan fingerprint density at radius 3 is 2.50 bits per heavy atom. The first-order valence-electron chi connectivity index (χ1n) is 6.46. The first-order valence-corrected chi connectivity index (χ1v) is 6.46. The number of halogens is 2. The molecule has 2 aromatic rings. The summed E-state index contributed by atoms with van der Waals surface area (Å²) in [6.07, 6.45) is 1.23. The average molecular weight is 312 g/mol. The van der Waals surface area contributed by atoms with Gasteiger partial charge < -0.3 is 9.84 Å². The van der Waals surface area contributed by atoms with Gasteiger partial charge in [-0.05, 0) is 17.7 Å². The Morgan fingerprint density at radius 1 is 1.18 bits per heavy atom. The lowest BCUT2D eigenvalue weighted by Crippen LogP contribution is -2.32. The van der Waals surface area contributed by atoms with E-state index in [9.17, 15) is 18.4 Å². The number of benzene rings is 1. The summed E-state index contributed by atoms with van der Waals surface area (Å²) in [6.45, 7) is -0.315. The van der Waals surface area contributed by atoms with E-state index in [1.807, 2.05) is 0 Å². The maximum atomic E-state index is 13.2. The molecule has 0 aliphatic carbocycles. The smallest absolute Gasteiger partial charge is 0.330 e. The summed E-state index contributed by atoms with van der Waals surface area (Å²) < 4.78 is 32.4. The van der Waals surface area contributed by atoms with E-state index in [0.717, 1.165) is 22.8 Å². The zero-order valence-corrected chi connectivity index (χ0v) is 11.5. The number of nitrogens with zero attached hydrogens (tertiary/aromatic N) is 1. The van der Waals surface area contributed by atoms with Crippen LogP contribution in [0.5, 0.6) is 0 Å². The van der Waals surface area contributed by atoms with Gasteiger partial charge in [0.2, 0.25) is 0 Å². The molecule has 8 heteroatoms. The van der Waals surface area contributed by atoms with Crippen LogP contribution in [0.2, 0.25) is 0 Å². The van der Waals surface area contributed by atoms with Gasteiger partial charge >= 0.3 is 5.69 Å². The summed E-state index contributed by atoms with van der Waals surface area (Å²) in [5.41, 5.74) is -0.869. The van der Waals surface area contributed by atoms with Crippen LogP contribution in [0.15, 0.2) is 34.0 Å². The minimum absolute atomic E-state index is 0.0374. The molecule has 0 unspecified atom stereocenters. The molecular formula is C14H14F2N2O4. The van der Waals surface area contributed by atoms with Crippen LogP contribution in [0, 0.1) is 11.6 Å². The Kier molecular flexibility index (Phi) is 5.18. The first-order chi connectivity index (χ1) is 10.5. The Balaban J connectivity index is 2.28. The summed E-state index contributed by atoms with van der Waals surface area (Å²) in [6, 6.07) is 2.96. The van der Waals surface area contributed by atoms with Crippen molar-refractivity contribution in [2.24, 2.45) is 0 Å². The normalized spacial score (nSPS) is 10.9. The SMILES string of the molecule is O=c1[nH]c(=O)n(COCCO)cc1Cc1cc(F)cc(F)c1. The van der Waals surface area contributed by atoms with Gasteiger partial charge in [-0.3, -0.25) is 14.3 Å². The molecule has 0 saturated carbocycles. The van der Waals surface area contributed by atoms with Gasteiger partial charge in [0.15, 0.2) is 0 Å². The topological polar surface area (TPSA) is 84.3 Å². The fourth-order valence-electron chi connectivity index (χ4n) is 1.94. The number of hydrogen-bond acceptors (Lipinski definition) is 4. The van der Waals surface area contributed by atoms with Crippen molar-refractivity contribution >= 4 is 0 Å². The van der Waals surface area contributed by atoms with Crippen molar-refractivity contribution in [3.8, 4) is 0 Å². The van der Waals surface area contributed by atoms with E-state index >= 15 is 0 Å². The zero-order chi connectivity index (χ0) is 16.1. The largest absolute Gasteiger partial charge is 0.394 e. The third-order valence-electron chi connectivity index (χ3n) is 2.87. The van der Waals surface area contributed by atoms with Crippen molar-refractivity contribution < 1.29 is 18.6 Å². The van der Waals surface area contributed by atoms with Gasteiger partial charge in [-0.1, -0.05) is 0 Å². The second-order valence-corrected chi connectivity index (χ2v) is 4.60. The van der Waals surface area contributed by atoms with Gasteiger partial charge in [-0.2, -0.15) is 0 Å². The van der Waals surface area contributed by atoms with E-state index in [1.54, 1.807) is 0 Å². The molecule has 0 radical (unpaired) electrons. The van der Waals surface area contributed by atoms with Crippen LogP contribution in [0.25, 0.3) is 0 Å². The molecule has 0 atom stereocenters.